The standard InChI is InChI=1S/C21H23N3O6/c1-27-16-12-15(13-17-20(16)29-11-10-28-17)21(26)30-14-19(25)24-8-6-23(7-9-24)18-4-2-3-5-22-18/h2-5,12-13H,6-11,14H2,1H3. The molecule has 1 amide bonds. The molecular weight excluding hydrogens is 390 g/mol. The maximum Gasteiger partial charge on any atom is 0.338 e. The van der Waals surface area contributed by atoms with E-state index in [-0.39, 0.29) is 18.1 Å². The van der Waals surface area contributed by atoms with Crippen molar-refractivity contribution < 1.29 is 28.5 Å². The molecule has 0 aliphatic carbocycles. The van der Waals surface area contributed by atoms with Gasteiger partial charge in [-0.2, -0.15) is 0 Å². The monoisotopic (exact) mass is 413 g/mol. The minimum Gasteiger partial charge on any atom is -0.493 e. The fraction of sp³-hybridized carbons (Fsp3) is 0.381. The summed E-state index contributed by atoms with van der Waals surface area (Å²) < 4.78 is 21.6. The van der Waals surface area contributed by atoms with Gasteiger partial charge in [-0.1, -0.05) is 6.07 Å². The van der Waals surface area contributed by atoms with Crippen LogP contribution in [0.25, 0.3) is 0 Å². The number of ether oxygens (including phenoxy) is 4. The molecule has 0 spiro atoms. The number of benzene rings is 1. The number of carbonyl (C=O) groups excluding carboxylic acids is 2. The zero-order valence-electron chi connectivity index (χ0n) is 16.7. The highest BCUT2D eigenvalue weighted by Crippen LogP contribution is 2.40. The molecule has 2 aliphatic rings. The molecule has 1 fully saturated rings. The van der Waals surface area contributed by atoms with Gasteiger partial charge in [-0.3, -0.25) is 4.79 Å². The van der Waals surface area contributed by atoms with Crippen LogP contribution in [0, 0.1) is 0 Å². The maximum atomic E-state index is 12.5. The number of esters is 1. The van der Waals surface area contributed by atoms with Gasteiger partial charge >= 0.3 is 5.97 Å². The maximum absolute atomic E-state index is 12.5. The third-order valence-corrected chi connectivity index (χ3v) is 5.00. The van der Waals surface area contributed by atoms with Gasteiger partial charge in [0.25, 0.3) is 5.91 Å². The van der Waals surface area contributed by atoms with Crippen LogP contribution in [0.2, 0.25) is 0 Å². The van der Waals surface area contributed by atoms with Gasteiger partial charge in [0.05, 0.1) is 12.7 Å². The summed E-state index contributed by atoms with van der Waals surface area (Å²) in [5.41, 5.74) is 0.240. The van der Waals surface area contributed by atoms with Gasteiger partial charge in [0.1, 0.15) is 19.0 Å². The zero-order valence-corrected chi connectivity index (χ0v) is 16.7. The SMILES string of the molecule is COc1cc(C(=O)OCC(=O)N2CCN(c3ccccn3)CC2)cc2c1OCCO2. The highest BCUT2D eigenvalue weighted by atomic mass is 16.6. The number of amides is 1. The molecule has 4 rings (SSSR count). The number of hydrogen-bond acceptors (Lipinski definition) is 8. The van der Waals surface area contributed by atoms with Crippen LogP contribution in [0.3, 0.4) is 0 Å². The van der Waals surface area contributed by atoms with Crippen molar-refractivity contribution in [3.05, 3.63) is 42.1 Å². The highest BCUT2D eigenvalue weighted by molar-refractivity contribution is 5.93. The predicted molar refractivity (Wildman–Crippen MR) is 107 cm³/mol. The molecule has 3 heterocycles. The molecule has 0 bridgehead atoms. The van der Waals surface area contributed by atoms with Crippen LogP contribution in [0.1, 0.15) is 10.4 Å². The Morgan fingerprint density at radius 1 is 1.10 bits per heavy atom. The number of methoxy groups -OCH3 is 1. The highest BCUT2D eigenvalue weighted by Gasteiger charge is 2.25. The molecule has 158 valence electrons. The Kier molecular flexibility index (Phi) is 5.87. The lowest BCUT2D eigenvalue weighted by Gasteiger charge is -2.35. The van der Waals surface area contributed by atoms with Crippen LogP contribution in [0.4, 0.5) is 5.82 Å². The fourth-order valence-electron chi connectivity index (χ4n) is 3.42. The van der Waals surface area contributed by atoms with E-state index in [0.717, 1.165) is 5.82 Å². The summed E-state index contributed by atoms with van der Waals surface area (Å²) in [4.78, 5) is 33.1. The number of hydrogen-bond donors (Lipinski definition) is 0. The average molecular weight is 413 g/mol. The Morgan fingerprint density at radius 2 is 1.90 bits per heavy atom. The van der Waals surface area contributed by atoms with Crippen LogP contribution in [-0.4, -0.2) is 74.9 Å². The van der Waals surface area contributed by atoms with Gasteiger partial charge in [-0.25, -0.2) is 9.78 Å². The smallest absolute Gasteiger partial charge is 0.338 e. The van der Waals surface area contributed by atoms with Gasteiger partial charge in [0.2, 0.25) is 5.75 Å². The molecule has 2 aliphatic heterocycles. The van der Waals surface area contributed by atoms with E-state index in [1.807, 2.05) is 18.2 Å². The van der Waals surface area contributed by atoms with Crippen LogP contribution in [0.5, 0.6) is 17.2 Å². The van der Waals surface area contributed by atoms with E-state index >= 15 is 0 Å². The molecule has 9 heteroatoms. The Morgan fingerprint density at radius 3 is 2.63 bits per heavy atom. The van der Waals surface area contributed by atoms with Gasteiger partial charge < -0.3 is 28.7 Å². The first kappa shape index (κ1) is 19.8. The van der Waals surface area contributed by atoms with E-state index in [1.165, 1.54) is 19.2 Å². The topological polar surface area (TPSA) is 90.4 Å². The molecule has 0 atom stereocenters. The van der Waals surface area contributed by atoms with Crippen LogP contribution in [0.15, 0.2) is 36.5 Å². The Labute approximate surface area is 174 Å². The van der Waals surface area contributed by atoms with Crippen molar-refractivity contribution in [2.45, 2.75) is 0 Å². The fourth-order valence-corrected chi connectivity index (χ4v) is 3.42. The summed E-state index contributed by atoms with van der Waals surface area (Å²) >= 11 is 0. The van der Waals surface area contributed by atoms with Gasteiger partial charge in [0, 0.05) is 32.4 Å². The number of pyridine rings is 1. The third-order valence-electron chi connectivity index (χ3n) is 5.00. The zero-order chi connectivity index (χ0) is 20.9. The molecule has 0 radical (unpaired) electrons. The van der Waals surface area contributed by atoms with Gasteiger partial charge in [0.15, 0.2) is 18.1 Å². The largest absolute Gasteiger partial charge is 0.493 e. The molecule has 0 unspecified atom stereocenters. The first-order chi connectivity index (χ1) is 14.7. The second kappa shape index (κ2) is 8.89. The van der Waals surface area contributed by atoms with Crippen molar-refractivity contribution >= 4 is 17.7 Å². The van der Waals surface area contributed by atoms with Gasteiger partial charge in [-0.15, -0.1) is 0 Å². The molecule has 9 nitrogen and oxygen atoms in total. The number of rotatable bonds is 5. The number of aromatic nitrogens is 1. The molecule has 0 saturated carbocycles. The summed E-state index contributed by atoms with van der Waals surface area (Å²) in [6.07, 6.45) is 1.75. The normalized spacial score (nSPS) is 15.5. The lowest BCUT2D eigenvalue weighted by molar-refractivity contribution is -0.134. The van der Waals surface area contributed by atoms with E-state index in [9.17, 15) is 9.59 Å². The van der Waals surface area contributed by atoms with Crippen molar-refractivity contribution in [1.29, 1.82) is 0 Å². The van der Waals surface area contributed by atoms with Crippen LogP contribution >= 0.6 is 0 Å². The van der Waals surface area contributed by atoms with Crippen molar-refractivity contribution in [2.24, 2.45) is 0 Å². The second-order valence-corrected chi connectivity index (χ2v) is 6.83. The molecule has 1 aromatic carbocycles. The lowest BCUT2D eigenvalue weighted by Crippen LogP contribution is -2.50. The minimum absolute atomic E-state index is 0.228. The number of carbonyl (C=O) groups is 2. The quantitative estimate of drug-likeness (QED) is 0.679. The van der Waals surface area contributed by atoms with Crippen molar-refractivity contribution in [1.82, 2.24) is 9.88 Å². The van der Waals surface area contributed by atoms with Gasteiger partial charge in [-0.05, 0) is 24.3 Å². The molecule has 0 N–H and O–H groups in total. The van der Waals surface area contributed by atoms with Crippen molar-refractivity contribution in [3.63, 3.8) is 0 Å². The second-order valence-electron chi connectivity index (χ2n) is 6.83. The Balaban J connectivity index is 1.32. The van der Waals surface area contributed by atoms with E-state index < -0.39 is 5.97 Å². The molecule has 30 heavy (non-hydrogen) atoms. The molecule has 1 saturated heterocycles. The predicted octanol–water partition coefficient (Wildman–Crippen LogP) is 1.37. The first-order valence-corrected chi connectivity index (χ1v) is 9.74. The molecule has 1 aromatic heterocycles. The summed E-state index contributed by atoms with van der Waals surface area (Å²) in [7, 11) is 1.48. The number of anilines is 1. The van der Waals surface area contributed by atoms with Crippen molar-refractivity contribution in [2.75, 3.05) is 58.0 Å². The lowest BCUT2D eigenvalue weighted by atomic mass is 10.1. The first-order valence-electron chi connectivity index (χ1n) is 9.74. The average Bonchev–Trinajstić information content (AvgIpc) is 2.82. The number of nitrogens with zero attached hydrogens (tertiary/aromatic N) is 3. The van der Waals surface area contributed by atoms with Crippen molar-refractivity contribution in [3.8, 4) is 17.2 Å². The van der Waals surface area contributed by atoms with E-state index in [4.69, 9.17) is 18.9 Å². The van der Waals surface area contributed by atoms with E-state index in [1.54, 1.807) is 11.1 Å². The van der Waals surface area contributed by atoms with E-state index in [2.05, 4.69) is 9.88 Å². The van der Waals surface area contributed by atoms with Crippen LogP contribution < -0.4 is 19.1 Å². The third kappa shape index (κ3) is 4.24. The number of fused-ring (bicyclic) bond motifs is 1. The Bertz CT molecular complexity index is 895. The Hall–Kier alpha value is -3.49. The van der Waals surface area contributed by atoms with Crippen LogP contribution in [-0.2, 0) is 9.53 Å². The summed E-state index contributed by atoms with van der Waals surface area (Å²) in [6, 6.07) is 8.81. The molecule has 2 aromatic rings. The summed E-state index contributed by atoms with van der Waals surface area (Å²) in [5, 5.41) is 0. The summed E-state index contributed by atoms with van der Waals surface area (Å²) in [5.74, 6) is 1.31. The summed E-state index contributed by atoms with van der Waals surface area (Å²) in [6.45, 7) is 2.92. The molecular formula is C21H23N3O6. The number of piperazine rings is 1. The van der Waals surface area contributed by atoms with E-state index in [0.29, 0.717) is 56.6 Å². The minimum atomic E-state index is -0.620.